The van der Waals surface area contributed by atoms with Crippen LogP contribution in [0.25, 0.3) is 11.0 Å². The summed E-state index contributed by atoms with van der Waals surface area (Å²) in [5.41, 5.74) is 6.87. The zero-order chi connectivity index (χ0) is 11.7. The van der Waals surface area contributed by atoms with Crippen molar-refractivity contribution >= 4 is 11.0 Å². The van der Waals surface area contributed by atoms with Crippen molar-refractivity contribution in [3.63, 3.8) is 0 Å². The predicted molar refractivity (Wildman–Crippen MR) is 64.5 cm³/mol. The third kappa shape index (κ3) is 1.91. The van der Waals surface area contributed by atoms with Crippen LogP contribution in [-0.2, 0) is 0 Å². The Balaban J connectivity index is 2.43. The minimum atomic E-state index is -0.0570. The summed E-state index contributed by atoms with van der Waals surface area (Å²) >= 11 is 0. The zero-order valence-corrected chi connectivity index (χ0v) is 9.86. The van der Waals surface area contributed by atoms with Crippen LogP contribution < -0.4 is 10.5 Å². The van der Waals surface area contributed by atoms with E-state index in [1.807, 2.05) is 24.3 Å². The number of methoxy groups -OCH3 is 1. The molecule has 86 valence electrons. The summed E-state index contributed by atoms with van der Waals surface area (Å²) in [7, 11) is 1.64. The van der Waals surface area contributed by atoms with E-state index in [2.05, 4.69) is 13.8 Å². The van der Waals surface area contributed by atoms with Crippen molar-refractivity contribution in [2.24, 2.45) is 11.7 Å². The van der Waals surface area contributed by atoms with Gasteiger partial charge in [0.15, 0.2) is 0 Å². The van der Waals surface area contributed by atoms with E-state index in [4.69, 9.17) is 14.9 Å². The molecule has 1 aromatic carbocycles. The number of ether oxygens (including phenoxy) is 1. The first kappa shape index (κ1) is 11.0. The predicted octanol–water partition coefficient (Wildman–Crippen LogP) is 3.10. The highest BCUT2D eigenvalue weighted by atomic mass is 16.5. The smallest absolute Gasteiger partial charge is 0.138 e. The van der Waals surface area contributed by atoms with E-state index in [1.54, 1.807) is 7.11 Å². The van der Waals surface area contributed by atoms with Crippen LogP contribution in [0.2, 0.25) is 0 Å². The Morgan fingerprint density at radius 1 is 1.25 bits per heavy atom. The minimum absolute atomic E-state index is 0.0570. The van der Waals surface area contributed by atoms with Crippen molar-refractivity contribution in [2.45, 2.75) is 19.9 Å². The number of fused-ring (bicyclic) bond motifs is 1. The van der Waals surface area contributed by atoms with Crippen molar-refractivity contribution < 1.29 is 9.15 Å². The molecule has 0 saturated heterocycles. The van der Waals surface area contributed by atoms with Crippen LogP contribution in [0.4, 0.5) is 0 Å². The van der Waals surface area contributed by atoms with E-state index < -0.39 is 0 Å². The zero-order valence-electron chi connectivity index (χ0n) is 9.86. The Morgan fingerprint density at radius 2 is 2.00 bits per heavy atom. The van der Waals surface area contributed by atoms with Gasteiger partial charge in [0.25, 0.3) is 0 Å². The fourth-order valence-electron chi connectivity index (χ4n) is 1.65. The van der Waals surface area contributed by atoms with Crippen LogP contribution in [0.3, 0.4) is 0 Å². The van der Waals surface area contributed by atoms with Crippen LogP contribution >= 0.6 is 0 Å². The highest BCUT2D eigenvalue weighted by Crippen LogP contribution is 2.28. The van der Waals surface area contributed by atoms with Gasteiger partial charge >= 0.3 is 0 Å². The molecular weight excluding hydrogens is 202 g/mol. The second kappa shape index (κ2) is 4.18. The summed E-state index contributed by atoms with van der Waals surface area (Å²) in [6.07, 6.45) is 0. The van der Waals surface area contributed by atoms with Gasteiger partial charge < -0.3 is 14.9 Å². The number of hydrogen-bond acceptors (Lipinski definition) is 3. The largest absolute Gasteiger partial charge is 0.497 e. The third-order valence-electron chi connectivity index (χ3n) is 2.79. The standard InChI is InChI=1S/C13H17NO2/c1-8(2)13(14)12-6-9-4-5-10(15-3)7-11(9)16-12/h4-8,13H,14H2,1-3H3/t13-/m1/s1. The van der Waals surface area contributed by atoms with Gasteiger partial charge in [0.2, 0.25) is 0 Å². The normalized spacial score (nSPS) is 13.3. The molecule has 16 heavy (non-hydrogen) atoms. The minimum Gasteiger partial charge on any atom is -0.497 e. The summed E-state index contributed by atoms with van der Waals surface area (Å²) < 4.78 is 10.9. The van der Waals surface area contributed by atoms with E-state index >= 15 is 0 Å². The van der Waals surface area contributed by atoms with E-state index in [1.165, 1.54) is 0 Å². The third-order valence-corrected chi connectivity index (χ3v) is 2.79. The first-order chi connectivity index (χ1) is 7.61. The molecule has 0 saturated carbocycles. The van der Waals surface area contributed by atoms with Crippen LogP contribution in [-0.4, -0.2) is 7.11 Å². The Morgan fingerprint density at radius 3 is 2.62 bits per heavy atom. The summed E-state index contributed by atoms with van der Waals surface area (Å²) in [6, 6.07) is 7.72. The quantitative estimate of drug-likeness (QED) is 0.862. The summed E-state index contributed by atoms with van der Waals surface area (Å²) in [5, 5.41) is 1.06. The Labute approximate surface area is 95.2 Å². The monoisotopic (exact) mass is 219 g/mol. The van der Waals surface area contributed by atoms with E-state index in [-0.39, 0.29) is 6.04 Å². The lowest BCUT2D eigenvalue weighted by Gasteiger charge is -2.11. The number of hydrogen-bond donors (Lipinski definition) is 1. The van der Waals surface area contributed by atoms with Crippen molar-refractivity contribution in [1.29, 1.82) is 0 Å². The topological polar surface area (TPSA) is 48.4 Å². The van der Waals surface area contributed by atoms with Gasteiger partial charge in [-0.25, -0.2) is 0 Å². The van der Waals surface area contributed by atoms with Gasteiger partial charge in [0, 0.05) is 11.5 Å². The summed E-state index contributed by atoms with van der Waals surface area (Å²) in [4.78, 5) is 0. The molecule has 3 nitrogen and oxygen atoms in total. The number of benzene rings is 1. The van der Waals surface area contributed by atoms with Crippen molar-refractivity contribution in [1.82, 2.24) is 0 Å². The second-order valence-electron chi connectivity index (χ2n) is 4.32. The molecule has 0 bridgehead atoms. The summed E-state index contributed by atoms with van der Waals surface area (Å²) in [5.74, 6) is 1.99. The molecule has 1 atom stereocenters. The molecule has 0 aliphatic carbocycles. The van der Waals surface area contributed by atoms with Crippen LogP contribution in [0.15, 0.2) is 28.7 Å². The highest BCUT2D eigenvalue weighted by molar-refractivity contribution is 5.79. The van der Waals surface area contributed by atoms with Gasteiger partial charge in [-0.2, -0.15) is 0 Å². The molecule has 0 amide bonds. The van der Waals surface area contributed by atoms with E-state index in [0.29, 0.717) is 5.92 Å². The average molecular weight is 219 g/mol. The molecule has 2 N–H and O–H groups in total. The fraction of sp³-hybridized carbons (Fsp3) is 0.385. The van der Waals surface area contributed by atoms with Crippen LogP contribution in [0.1, 0.15) is 25.6 Å². The maximum atomic E-state index is 6.05. The highest BCUT2D eigenvalue weighted by Gasteiger charge is 2.15. The van der Waals surface area contributed by atoms with Gasteiger partial charge in [-0.05, 0) is 24.1 Å². The van der Waals surface area contributed by atoms with E-state index in [9.17, 15) is 0 Å². The molecule has 1 aromatic heterocycles. The first-order valence-corrected chi connectivity index (χ1v) is 5.45. The number of rotatable bonds is 3. The molecule has 0 radical (unpaired) electrons. The molecular formula is C13H17NO2. The molecule has 0 spiro atoms. The molecule has 2 aromatic rings. The molecule has 1 heterocycles. The fourth-order valence-corrected chi connectivity index (χ4v) is 1.65. The van der Waals surface area contributed by atoms with Gasteiger partial charge in [0.05, 0.1) is 13.2 Å². The molecule has 0 fully saturated rings. The molecule has 2 rings (SSSR count). The maximum Gasteiger partial charge on any atom is 0.138 e. The van der Waals surface area contributed by atoms with E-state index in [0.717, 1.165) is 22.5 Å². The molecule has 0 aliphatic rings. The van der Waals surface area contributed by atoms with Crippen molar-refractivity contribution in [3.05, 3.63) is 30.0 Å². The first-order valence-electron chi connectivity index (χ1n) is 5.45. The lowest BCUT2D eigenvalue weighted by atomic mass is 10.0. The van der Waals surface area contributed by atoms with Gasteiger partial charge in [-0.15, -0.1) is 0 Å². The van der Waals surface area contributed by atoms with Gasteiger partial charge in [-0.1, -0.05) is 13.8 Å². The maximum absolute atomic E-state index is 6.05. The van der Waals surface area contributed by atoms with Crippen LogP contribution in [0.5, 0.6) is 5.75 Å². The SMILES string of the molecule is COc1ccc2cc([C@H](N)C(C)C)oc2c1. The van der Waals surface area contributed by atoms with Crippen molar-refractivity contribution in [2.75, 3.05) is 7.11 Å². The van der Waals surface area contributed by atoms with Crippen molar-refractivity contribution in [3.8, 4) is 5.75 Å². The number of furan rings is 1. The second-order valence-corrected chi connectivity index (χ2v) is 4.32. The van der Waals surface area contributed by atoms with Gasteiger partial charge in [0.1, 0.15) is 17.1 Å². The Kier molecular flexibility index (Phi) is 2.88. The molecule has 0 aliphatic heterocycles. The average Bonchev–Trinajstić information content (AvgIpc) is 2.69. The van der Waals surface area contributed by atoms with Crippen LogP contribution in [0, 0.1) is 5.92 Å². The lowest BCUT2D eigenvalue weighted by molar-refractivity contribution is 0.408. The lowest BCUT2D eigenvalue weighted by Crippen LogP contribution is -2.15. The summed E-state index contributed by atoms with van der Waals surface area (Å²) in [6.45, 7) is 4.16. The number of nitrogens with two attached hydrogens (primary N) is 1. The Hall–Kier alpha value is -1.48. The molecule has 0 unspecified atom stereocenters. The Bertz CT molecular complexity index is 488. The molecule has 3 heteroatoms. The van der Waals surface area contributed by atoms with Gasteiger partial charge in [-0.3, -0.25) is 0 Å².